The quantitative estimate of drug-likeness (QED) is 0.731. The van der Waals surface area contributed by atoms with Crippen LogP contribution in [-0.4, -0.2) is 31.8 Å². The first-order chi connectivity index (χ1) is 8.75. The zero-order chi connectivity index (χ0) is 12.5. The number of fused-ring (bicyclic) bond motifs is 1. The Labute approximate surface area is 106 Å². The summed E-state index contributed by atoms with van der Waals surface area (Å²) in [5.41, 5.74) is 8.71. The molecule has 0 aliphatic carbocycles. The number of amides is 2. The Hall–Kier alpha value is -1.75. The van der Waals surface area contributed by atoms with E-state index < -0.39 is 0 Å². The maximum Gasteiger partial charge on any atom is 0.322 e. The zero-order valence-corrected chi connectivity index (χ0v) is 10.2. The van der Waals surface area contributed by atoms with Gasteiger partial charge in [-0.25, -0.2) is 4.79 Å². The summed E-state index contributed by atoms with van der Waals surface area (Å²) in [4.78, 5) is 14.0. The highest BCUT2D eigenvalue weighted by molar-refractivity contribution is 5.95. The number of carbonyl (C=O) groups excluding carboxylic acids is 1. The summed E-state index contributed by atoms with van der Waals surface area (Å²) in [6.45, 7) is 2.04. The number of carbonyl (C=O) groups is 1. The third kappa shape index (κ3) is 1.90. The predicted octanol–water partition coefficient (Wildman–Crippen LogP) is 1.13. The van der Waals surface area contributed by atoms with Crippen molar-refractivity contribution in [3.05, 3.63) is 23.8 Å². The van der Waals surface area contributed by atoms with E-state index in [-0.39, 0.29) is 12.1 Å². The lowest BCUT2D eigenvalue weighted by atomic mass is 10.1. The van der Waals surface area contributed by atoms with Crippen LogP contribution in [0.2, 0.25) is 0 Å². The third-order valence-electron chi connectivity index (χ3n) is 3.57. The van der Waals surface area contributed by atoms with E-state index in [0.29, 0.717) is 13.2 Å². The van der Waals surface area contributed by atoms with Gasteiger partial charge in [-0.15, -0.1) is 0 Å². The summed E-state index contributed by atoms with van der Waals surface area (Å²) in [6, 6.07) is 5.81. The second-order valence-electron chi connectivity index (χ2n) is 4.76. The van der Waals surface area contributed by atoms with Crippen LogP contribution in [0, 0.1) is 0 Å². The van der Waals surface area contributed by atoms with Gasteiger partial charge in [-0.05, 0) is 25.0 Å². The fourth-order valence-electron chi connectivity index (χ4n) is 2.57. The average molecular weight is 247 g/mol. The van der Waals surface area contributed by atoms with E-state index in [1.807, 2.05) is 18.2 Å². The van der Waals surface area contributed by atoms with Gasteiger partial charge < -0.3 is 15.8 Å². The van der Waals surface area contributed by atoms with E-state index in [2.05, 4.69) is 5.32 Å². The molecule has 3 rings (SSSR count). The second-order valence-corrected chi connectivity index (χ2v) is 4.76. The molecule has 1 unspecified atom stereocenters. The molecule has 0 saturated carbocycles. The van der Waals surface area contributed by atoms with Gasteiger partial charge in [0.05, 0.1) is 18.3 Å². The average Bonchev–Trinajstić information content (AvgIpc) is 2.98. The number of nitrogens with zero attached hydrogens (tertiary/aromatic N) is 1. The number of nitrogens with one attached hydrogen (secondary N) is 1. The molecule has 1 aromatic carbocycles. The van der Waals surface area contributed by atoms with Crippen molar-refractivity contribution in [2.24, 2.45) is 0 Å². The zero-order valence-electron chi connectivity index (χ0n) is 10.2. The summed E-state index contributed by atoms with van der Waals surface area (Å²) < 4.78 is 5.26. The Morgan fingerprint density at radius 2 is 2.39 bits per heavy atom. The number of hydrogen-bond donors (Lipinski definition) is 2. The largest absolute Gasteiger partial charge is 0.398 e. The number of rotatable bonds is 1. The Morgan fingerprint density at radius 3 is 3.17 bits per heavy atom. The molecular formula is C13H17N3O2. The van der Waals surface area contributed by atoms with Crippen molar-refractivity contribution >= 4 is 17.4 Å². The molecule has 1 atom stereocenters. The summed E-state index contributed by atoms with van der Waals surface area (Å²) in [7, 11) is 0. The van der Waals surface area contributed by atoms with Crippen molar-refractivity contribution in [2.75, 3.05) is 30.4 Å². The molecule has 2 aliphatic heterocycles. The van der Waals surface area contributed by atoms with Crippen LogP contribution >= 0.6 is 0 Å². The van der Waals surface area contributed by atoms with Gasteiger partial charge in [0.2, 0.25) is 0 Å². The van der Waals surface area contributed by atoms with Crippen LogP contribution in [0.15, 0.2) is 18.2 Å². The molecule has 5 heteroatoms. The molecule has 2 aliphatic rings. The van der Waals surface area contributed by atoms with Gasteiger partial charge in [0.25, 0.3) is 0 Å². The van der Waals surface area contributed by atoms with Gasteiger partial charge in [-0.1, -0.05) is 6.07 Å². The lowest BCUT2D eigenvalue weighted by molar-refractivity contribution is 0.189. The number of nitrogen functional groups attached to an aromatic ring is 1. The predicted molar refractivity (Wildman–Crippen MR) is 69.7 cm³/mol. The van der Waals surface area contributed by atoms with E-state index in [0.717, 1.165) is 36.4 Å². The van der Waals surface area contributed by atoms with E-state index in [9.17, 15) is 4.79 Å². The van der Waals surface area contributed by atoms with E-state index >= 15 is 0 Å². The SMILES string of the molecule is Nc1cccc2c1CCN2C(=O)NC1CCOC1. The molecule has 18 heavy (non-hydrogen) atoms. The minimum atomic E-state index is -0.0464. The van der Waals surface area contributed by atoms with Crippen molar-refractivity contribution in [1.82, 2.24) is 5.32 Å². The topological polar surface area (TPSA) is 67.6 Å². The molecule has 0 aromatic heterocycles. The van der Waals surface area contributed by atoms with Gasteiger partial charge in [0.15, 0.2) is 0 Å². The molecule has 1 fully saturated rings. The molecular weight excluding hydrogens is 230 g/mol. The highest BCUT2D eigenvalue weighted by atomic mass is 16.5. The van der Waals surface area contributed by atoms with Crippen molar-refractivity contribution < 1.29 is 9.53 Å². The number of nitrogens with two attached hydrogens (primary N) is 1. The number of ether oxygens (including phenoxy) is 1. The smallest absolute Gasteiger partial charge is 0.322 e. The van der Waals surface area contributed by atoms with Gasteiger partial charge in [-0.2, -0.15) is 0 Å². The van der Waals surface area contributed by atoms with Crippen LogP contribution < -0.4 is 16.0 Å². The Kier molecular flexibility index (Phi) is 2.83. The third-order valence-corrected chi connectivity index (χ3v) is 3.57. The van der Waals surface area contributed by atoms with Crippen LogP contribution in [0.5, 0.6) is 0 Å². The summed E-state index contributed by atoms with van der Waals surface area (Å²) in [6.07, 6.45) is 1.72. The van der Waals surface area contributed by atoms with Crippen molar-refractivity contribution in [1.29, 1.82) is 0 Å². The second kappa shape index (κ2) is 4.49. The van der Waals surface area contributed by atoms with E-state index in [4.69, 9.17) is 10.5 Å². The first-order valence-corrected chi connectivity index (χ1v) is 6.29. The molecule has 0 radical (unpaired) electrons. The van der Waals surface area contributed by atoms with Crippen molar-refractivity contribution in [3.8, 4) is 0 Å². The lowest BCUT2D eigenvalue weighted by Crippen LogP contribution is -2.44. The molecule has 5 nitrogen and oxygen atoms in total. The molecule has 0 spiro atoms. The van der Waals surface area contributed by atoms with Crippen LogP contribution in [0.4, 0.5) is 16.2 Å². The van der Waals surface area contributed by atoms with Crippen molar-refractivity contribution in [3.63, 3.8) is 0 Å². The van der Waals surface area contributed by atoms with E-state index in [1.54, 1.807) is 4.90 Å². The van der Waals surface area contributed by atoms with Crippen molar-refractivity contribution in [2.45, 2.75) is 18.9 Å². The molecule has 2 amide bonds. The van der Waals surface area contributed by atoms with Crippen LogP contribution in [0.1, 0.15) is 12.0 Å². The Bertz CT molecular complexity index is 469. The molecule has 1 saturated heterocycles. The molecule has 0 bridgehead atoms. The summed E-state index contributed by atoms with van der Waals surface area (Å²) in [5, 5.41) is 3.00. The number of urea groups is 1. The summed E-state index contributed by atoms with van der Waals surface area (Å²) in [5.74, 6) is 0. The highest BCUT2D eigenvalue weighted by Gasteiger charge is 2.28. The van der Waals surface area contributed by atoms with E-state index in [1.165, 1.54) is 0 Å². The lowest BCUT2D eigenvalue weighted by Gasteiger charge is -2.20. The minimum Gasteiger partial charge on any atom is -0.398 e. The Morgan fingerprint density at radius 1 is 1.50 bits per heavy atom. The van der Waals surface area contributed by atoms with Gasteiger partial charge >= 0.3 is 6.03 Å². The fourth-order valence-corrected chi connectivity index (χ4v) is 2.57. The maximum atomic E-state index is 12.2. The van der Waals surface area contributed by atoms with Gasteiger partial charge in [0.1, 0.15) is 0 Å². The number of hydrogen-bond acceptors (Lipinski definition) is 3. The molecule has 1 aromatic rings. The van der Waals surface area contributed by atoms with Gasteiger partial charge in [-0.3, -0.25) is 4.90 Å². The Balaban J connectivity index is 1.75. The fraction of sp³-hybridized carbons (Fsp3) is 0.462. The first-order valence-electron chi connectivity index (χ1n) is 6.29. The van der Waals surface area contributed by atoms with Gasteiger partial charge in [0, 0.05) is 24.4 Å². The minimum absolute atomic E-state index is 0.0464. The molecule has 3 N–H and O–H groups in total. The van der Waals surface area contributed by atoms with Crippen LogP contribution in [-0.2, 0) is 11.2 Å². The maximum absolute atomic E-state index is 12.2. The summed E-state index contributed by atoms with van der Waals surface area (Å²) >= 11 is 0. The van der Waals surface area contributed by atoms with Crippen LogP contribution in [0.25, 0.3) is 0 Å². The number of benzene rings is 1. The normalized spacial score (nSPS) is 22.0. The molecule has 2 heterocycles. The first kappa shape index (κ1) is 11.3. The number of anilines is 2. The monoisotopic (exact) mass is 247 g/mol. The standard InChI is InChI=1S/C13H17N3O2/c14-11-2-1-3-12-10(11)4-6-16(12)13(17)15-9-5-7-18-8-9/h1-3,9H,4-8,14H2,(H,15,17). The molecule has 96 valence electrons. The highest BCUT2D eigenvalue weighted by Crippen LogP contribution is 2.32. The van der Waals surface area contributed by atoms with Crippen LogP contribution in [0.3, 0.4) is 0 Å².